The average molecular weight is 342 g/mol. The molecule has 2 aromatic carbocycles. The molecule has 0 atom stereocenters. The molecule has 0 aliphatic carbocycles. The second kappa shape index (κ2) is 6.36. The molecule has 0 radical (unpaired) electrons. The third-order valence-electron chi connectivity index (χ3n) is 2.51. The number of benzene rings is 2. The molecular formula is C14H15O4PS2. The number of rotatable bonds is 4. The lowest BCUT2D eigenvalue weighted by molar-refractivity contribution is 0.473. The lowest BCUT2D eigenvalue weighted by atomic mass is 10.2. The van der Waals surface area contributed by atoms with Crippen LogP contribution in [0.15, 0.2) is 46.2 Å². The standard InChI is InChI=1S/C14H15O4PS2/c1-9-3-11(15)7-13(5-9)20-19(17,18)21-14-6-10(2)4-12(16)8-14/h3-8,15-16H,1-2H3,(H,17,18). The normalized spacial score (nSPS) is 11.6. The summed E-state index contributed by atoms with van der Waals surface area (Å²) in [7, 11) is 0. The molecule has 0 unspecified atom stereocenters. The molecule has 0 aliphatic heterocycles. The van der Waals surface area contributed by atoms with E-state index in [1.54, 1.807) is 38.1 Å². The van der Waals surface area contributed by atoms with E-state index in [0.29, 0.717) is 9.79 Å². The summed E-state index contributed by atoms with van der Waals surface area (Å²) in [5, 5.41) is 19.1. The van der Waals surface area contributed by atoms with E-state index in [4.69, 9.17) is 0 Å². The van der Waals surface area contributed by atoms with Crippen LogP contribution in [0.4, 0.5) is 0 Å². The zero-order valence-electron chi connectivity index (χ0n) is 11.5. The Bertz CT molecular complexity index is 620. The Hall–Kier alpha value is -1.07. The van der Waals surface area contributed by atoms with E-state index < -0.39 is 5.77 Å². The smallest absolute Gasteiger partial charge is 0.319 e. The fourth-order valence-corrected chi connectivity index (χ4v) is 7.47. The number of phenolic OH excluding ortho intramolecular Hbond substituents is 2. The van der Waals surface area contributed by atoms with Gasteiger partial charge in [-0.05, 0) is 84.1 Å². The van der Waals surface area contributed by atoms with Crippen molar-refractivity contribution in [1.82, 2.24) is 0 Å². The molecule has 0 saturated carbocycles. The molecule has 0 heterocycles. The molecule has 112 valence electrons. The maximum absolute atomic E-state index is 12.3. The van der Waals surface area contributed by atoms with Crippen molar-refractivity contribution in [1.29, 1.82) is 0 Å². The molecule has 0 fully saturated rings. The van der Waals surface area contributed by atoms with E-state index in [9.17, 15) is 19.7 Å². The molecule has 0 spiro atoms. The van der Waals surface area contributed by atoms with Crippen LogP contribution >= 0.6 is 28.5 Å². The Morgan fingerprint density at radius 1 is 0.810 bits per heavy atom. The zero-order valence-corrected chi connectivity index (χ0v) is 14.0. The minimum atomic E-state index is -3.60. The van der Waals surface area contributed by atoms with Gasteiger partial charge in [-0.25, -0.2) is 0 Å². The molecule has 3 N–H and O–H groups in total. The van der Waals surface area contributed by atoms with E-state index in [1.807, 2.05) is 0 Å². The zero-order chi connectivity index (χ0) is 15.6. The van der Waals surface area contributed by atoms with Gasteiger partial charge in [0.25, 0.3) is 0 Å². The van der Waals surface area contributed by atoms with Gasteiger partial charge in [-0.2, -0.15) is 0 Å². The van der Waals surface area contributed by atoms with Crippen LogP contribution in [0.3, 0.4) is 0 Å². The van der Waals surface area contributed by atoms with Crippen LogP contribution in [-0.4, -0.2) is 15.1 Å². The number of aromatic hydroxyl groups is 2. The predicted molar refractivity (Wildman–Crippen MR) is 87.2 cm³/mol. The summed E-state index contributed by atoms with van der Waals surface area (Å²) < 4.78 is 12.3. The molecule has 2 aromatic rings. The van der Waals surface area contributed by atoms with Gasteiger partial charge in [-0.1, -0.05) is 0 Å². The second-order valence-corrected chi connectivity index (χ2v) is 11.7. The summed E-state index contributed by atoms with van der Waals surface area (Å²) in [5.41, 5.74) is 1.63. The third kappa shape index (κ3) is 5.00. The van der Waals surface area contributed by atoms with E-state index in [2.05, 4.69) is 0 Å². The summed E-state index contributed by atoms with van der Waals surface area (Å²) >= 11 is 1.63. The van der Waals surface area contributed by atoms with E-state index in [-0.39, 0.29) is 11.5 Å². The first kappa shape index (κ1) is 16.3. The van der Waals surface area contributed by atoms with Crippen molar-refractivity contribution in [2.45, 2.75) is 23.6 Å². The van der Waals surface area contributed by atoms with E-state index in [0.717, 1.165) is 33.9 Å². The van der Waals surface area contributed by atoms with Crippen LogP contribution in [0.5, 0.6) is 11.5 Å². The fourth-order valence-electron chi connectivity index (χ4n) is 1.85. The van der Waals surface area contributed by atoms with Gasteiger partial charge in [0, 0.05) is 9.79 Å². The molecule has 7 heteroatoms. The minimum Gasteiger partial charge on any atom is -0.508 e. The largest absolute Gasteiger partial charge is 0.508 e. The molecule has 4 nitrogen and oxygen atoms in total. The first-order valence-corrected chi connectivity index (χ1v) is 10.6. The van der Waals surface area contributed by atoms with Gasteiger partial charge in [-0.15, -0.1) is 0 Å². The number of aryl methyl sites for hydroxylation is 2. The Kier molecular flexibility index (Phi) is 4.94. The van der Waals surface area contributed by atoms with Gasteiger partial charge >= 0.3 is 5.77 Å². The summed E-state index contributed by atoms with van der Waals surface area (Å²) in [4.78, 5) is 11.2. The van der Waals surface area contributed by atoms with Gasteiger partial charge in [0.1, 0.15) is 11.5 Å². The van der Waals surface area contributed by atoms with Gasteiger partial charge in [0.2, 0.25) is 0 Å². The van der Waals surface area contributed by atoms with Crippen molar-refractivity contribution in [3.63, 3.8) is 0 Å². The first-order valence-electron chi connectivity index (χ1n) is 6.07. The Balaban J connectivity index is 2.20. The molecule has 2 rings (SSSR count). The predicted octanol–water partition coefficient (Wildman–Crippen LogP) is 4.70. The summed E-state index contributed by atoms with van der Waals surface area (Å²) in [5.74, 6) is -3.47. The van der Waals surface area contributed by atoms with Crippen molar-refractivity contribution >= 4 is 28.5 Å². The summed E-state index contributed by atoms with van der Waals surface area (Å²) in [6.45, 7) is 3.61. The van der Waals surface area contributed by atoms with Crippen molar-refractivity contribution in [2.24, 2.45) is 0 Å². The molecule has 0 saturated heterocycles. The highest BCUT2D eigenvalue weighted by molar-refractivity contribution is 8.89. The Morgan fingerprint density at radius 2 is 1.19 bits per heavy atom. The van der Waals surface area contributed by atoms with Crippen LogP contribution in [0, 0.1) is 13.8 Å². The van der Waals surface area contributed by atoms with Crippen LogP contribution in [0.25, 0.3) is 0 Å². The SMILES string of the molecule is Cc1cc(O)cc(SP(=O)(O)Sc2cc(C)cc(O)c2)c1. The highest BCUT2D eigenvalue weighted by atomic mass is 33.1. The lowest BCUT2D eigenvalue weighted by Crippen LogP contribution is -1.79. The average Bonchev–Trinajstić information content (AvgIpc) is 2.23. The van der Waals surface area contributed by atoms with Crippen molar-refractivity contribution in [2.75, 3.05) is 0 Å². The summed E-state index contributed by atoms with van der Waals surface area (Å²) in [6.07, 6.45) is 0. The van der Waals surface area contributed by atoms with E-state index in [1.165, 1.54) is 12.1 Å². The number of hydrogen-bond donors (Lipinski definition) is 3. The highest BCUT2D eigenvalue weighted by Gasteiger charge is 2.23. The Labute approximate surface area is 131 Å². The maximum Gasteiger partial charge on any atom is 0.319 e. The monoisotopic (exact) mass is 342 g/mol. The molecular weight excluding hydrogens is 327 g/mol. The number of hydrogen-bond acceptors (Lipinski definition) is 5. The van der Waals surface area contributed by atoms with Crippen LogP contribution in [0.2, 0.25) is 0 Å². The van der Waals surface area contributed by atoms with Gasteiger partial charge in [0.05, 0.1) is 0 Å². The molecule has 0 aliphatic rings. The highest BCUT2D eigenvalue weighted by Crippen LogP contribution is 2.70. The van der Waals surface area contributed by atoms with Crippen LogP contribution < -0.4 is 0 Å². The second-order valence-electron chi connectivity index (χ2n) is 4.66. The van der Waals surface area contributed by atoms with Gasteiger partial charge < -0.3 is 15.1 Å². The summed E-state index contributed by atoms with van der Waals surface area (Å²) in [6, 6.07) is 9.54. The van der Waals surface area contributed by atoms with Crippen molar-refractivity contribution < 1.29 is 19.7 Å². The quantitative estimate of drug-likeness (QED) is 0.699. The maximum atomic E-state index is 12.3. The van der Waals surface area contributed by atoms with Crippen molar-refractivity contribution in [3.05, 3.63) is 47.5 Å². The fraction of sp³-hybridized carbons (Fsp3) is 0.143. The topological polar surface area (TPSA) is 77.8 Å². The molecule has 0 amide bonds. The Morgan fingerprint density at radius 3 is 1.52 bits per heavy atom. The lowest BCUT2D eigenvalue weighted by Gasteiger charge is -2.11. The van der Waals surface area contributed by atoms with Crippen LogP contribution in [-0.2, 0) is 4.57 Å². The minimum absolute atomic E-state index is 0.0655. The molecule has 0 aromatic heterocycles. The molecule has 0 bridgehead atoms. The van der Waals surface area contributed by atoms with Crippen molar-refractivity contribution in [3.8, 4) is 11.5 Å². The van der Waals surface area contributed by atoms with E-state index >= 15 is 0 Å². The third-order valence-corrected chi connectivity index (χ3v) is 7.86. The molecule has 21 heavy (non-hydrogen) atoms. The van der Waals surface area contributed by atoms with Gasteiger partial charge in [0.15, 0.2) is 0 Å². The number of phenols is 2. The van der Waals surface area contributed by atoms with Gasteiger partial charge in [-0.3, -0.25) is 4.57 Å². The first-order chi connectivity index (χ1) is 9.73. The van der Waals surface area contributed by atoms with Crippen LogP contribution in [0.1, 0.15) is 11.1 Å².